The van der Waals surface area contributed by atoms with Crippen LogP contribution >= 0.6 is 0 Å². The van der Waals surface area contributed by atoms with Gasteiger partial charge in [0.15, 0.2) is 0 Å². The zero-order valence-electron chi connectivity index (χ0n) is 14.8. The highest BCUT2D eigenvalue weighted by molar-refractivity contribution is 5.89. The lowest BCUT2D eigenvalue weighted by Crippen LogP contribution is -2.11. The van der Waals surface area contributed by atoms with Crippen molar-refractivity contribution in [3.05, 3.63) is 72.4 Å². The van der Waals surface area contributed by atoms with E-state index in [4.69, 9.17) is 9.47 Å². The monoisotopic (exact) mass is 351 g/mol. The maximum atomic E-state index is 12.2. The molecule has 0 N–H and O–H groups in total. The Labute approximate surface area is 152 Å². The predicted octanol–water partition coefficient (Wildman–Crippen LogP) is 4.05. The fraction of sp³-hybridized carbons (Fsp3) is 0.250. The first-order valence-corrected chi connectivity index (χ1v) is 8.48. The Hall–Kier alpha value is -3.15. The zero-order chi connectivity index (χ0) is 18.4. The van der Waals surface area contributed by atoms with E-state index in [2.05, 4.69) is 23.8 Å². The smallest absolute Gasteiger partial charge is 0.338 e. The molecule has 26 heavy (non-hydrogen) atoms. The number of esters is 1. The average molecular weight is 351 g/mol. The molecule has 6 heteroatoms. The summed E-state index contributed by atoms with van der Waals surface area (Å²) >= 11 is 0. The second-order valence-electron chi connectivity index (χ2n) is 6.14. The van der Waals surface area contributed by atoms with Crippen molar-refractivity contribution in [3.63, 3.8) is 0 Å². The first-order chi connectivity index (χ1) is 12.6. The second-order valence-corrected chi connectivity index (χ2v) is 6.14. The van der Waals surface area contributed by atoms with Crippen molar-refractivity contribution in [1.29, 1.82) is 0 Å². The summed E-state index contributed by atoms with van der Waals surface area (Å²) in [5.41, 5.74) is 1.64. The van der Waals surface area contributed by atoms with Crippen LogP contribution in [0.4, 0.5) is 0 Å². The highest BCUT2D eigenvalue weighted by Crippen LogP contribution is 2.23. The van der Waals surface area contributed by atoms with E-state index < -0.39 is 5.97 Å². The van der Waals surface area contributed by atoms with E-state index in [1.165, 1.54) is 11.8 Å². The molecule has 0 spiro atoms. The number of rotatable bonds is 7. The lowest BCUT2D eigenvalue weighted by atomic mass is 10.0. The molecule has 0 aliphatic heterocycles. The summed E-state index contributed by atoms with van der Waals surface area (Å²) in [6, 6.07) is 11.0. The molecule has 0 aliphatic carbocycles. The van der Waals surface area contributed by atoms with Crippen LogP contribution in [0.2, 0.25) is 0 Å². The number of benzene rings is 1. The molecule has 0 radical (unpaired) electrons. The van der Waals surface area contributed by atoms with Crippen LogP contribution in [0.15, 0.2) is 61.3 Å². The quantitative estimate of drug-likeness (QED) is 0.601. The molecule has 3 rings (SSSR count). The number of imidazole rings is 1. The molecule has 0 saturated carbocycles. The van der Waals surface area contributed by atoms with Crippen LogP contribution < -0.4 is 4.74 Å². The highest BCUT2D eigenvalue weighted by Gasteiger charge is 2.10. The van der Waals surface area contributed by atoms with Crippen LogP contribution in [-0.2, 0) is 11.3 Å². The third-order valence-electron chi connectivity index (χ3n) is 3.88. The molecule has 0 atom stereocenters. The number of hydrogen-bond donors (Lipinski definition) is 0. The molecule has 0 amide bonds. The molecular formula is C20H21N3O3. The van der Waals surface area contributed by atoms with E-state index in [0.29, 0.717) is 29.7 Å². The molecule has 0 aliphatic rings. The van der Waals surface area contributed by atoms with Gasteiger partial charge < -0.3 is 14.0 Å². The molecule has 1 aromatic carbocycles. The van der Waals surface area contributed by atoms with Crippen molar-refractivity contribution in [3.8, 4) is 11.6 Å². The van der Waals surface area contributed by atoms with Crippen LogP contribution in [0.25, 0.3) is 0 Å². The third kappa shape index (κ3) is 4.69. The third-order valence-corrected chi connectivity index (χ3v) is 3.88. The Kier molecular flexibility index (Phi) is 5.63. The van der Waals surface area contributed by atoms with Gasteiger partial charge in [0.25, 0.3) is 0 Å². The van der Waals surface area contributed by atoms with Crippen LogP contribution in [0, 0.1) is 0 Å². The lowest BCUT2D eigenvalue weighted by Gasteiger charge is -2.09. The van der Waals surface area contributed by atoms with Crippen molar-refractivity contribution in [2.75, 3.05) is 6.61 Å². The number of carbonyl (C=O) groups is 1. The predicted molar refractivity (Wildman–Crippen MR) is 97.4 cm³/mol. The normalized spacial score (nSPS) is 10.7. The fourth-order valence-corrected chi connectivity index (χ4v) is 2.38. The largest absolute Gasteiger partial charge is 0.460 e. The van der Waals surface area contributed by atoms with E-state index in [0.717, 1.165) is 0 Å². The van der Waals surface area contributed by atoms with E-state index >= 15 is 0 Å². The van der Waals surface area contributed by atoms with Gasteiger partial charge in [-0.15, -0.1) is 0 Å². The van der Waals surface area contributed by atoms with Crippen molar-refractivity contribution < 1.29 is 14.3 Å². The van der Waals surface area contributed by atoms with Gasteiger partial charge in [-0.2, -0.15) is 0 Å². The Morgan fingerprint density at radius 1 is 1.15 bits per heavy atom. The molecule has 0 bridgehead atoms. The van der Waals surface area contributed by atoms with Gasteiger partial charge in [0.1, 0.15) is 12.4 Å². The first kappa shape index (κ1) is 17.7. The molecule has 0 fully saturated rings. The molecule has 0 saturated heterocycles. The van der Waals surface area contributed by atoms with Crippen LogP contribution in [-0.4, -0.2) is 27.1 Å². The minimum Gasteiger partial charge on any atom is -0.460 e. The van der Waals surface area contributed by atoms with Gasteiger partial charge in [-0.05, 0) is 29.7 Å². The maximum absolute atomic E-state index is 12.2. The van der Waals surface area contributed by atoms with Gasteiger partial charge in [-0.3, -0.25) is 0 Å². The Morgan fingerprint density at radius 2 is 1.96 bits per heavy atom. The van der Waals surface area contributed by atoms with E-state index in [9.17, 15) is 4.79 Å². The van der Waals surface area contributed by atoms with Gasteiger partial charge in [0, 0.05) is 24.7 Å². The van der Waals surface area contributed by atoms with Gasteiger partial charge in [0.05, 0.1) is 18.4 Å². The number of nitrogens with zero attached hydrogens (tertiary/aromatic N) is 3. The van der Waals surface area contributed by atoms with Gasteiger partial charge in [-0.1, -0.05) is 26.0 Å². The Morgan fingerprint density at radius 3 is 2.65 bits per heavy atom. The highest BCUT2D eigenvalue weighted by atomic mass is 16.5. The Bertz CT molecular complexity index is 843. The van der Waals surface area contributed by atoms with Crippen molar-refractivity contribution in [2.24, 2.45) is 0 Å². The van der Waals surface area contributed by atoms with Crippen LogP contribution in [0.5, 0.6) is 11.6 Å². The van der Waals surface area contributed by atoms with Gasteiger partial charge >= 0.3 is 5.97 Å². The van der Waals surface area contributed by atoms with Crippen molar-refractivity contribution in [1.82, 2.24) is 14.5 Å². The van der Waals surface area contributed by atoms with Crippen molar-refractivity contribution in [2.45, 2.75) is 26.3 Å². The summed E-state index contributed by atoms with van der Waals surface area (Å²) in [6.45, 7) is 5.10. The van der Waals surface area contributed by atoms with E-state index in [-0.39, 0.29) is 6.61 Å². The summed E-state index contributed by atoms with van der Waals surface area (Å²) in [4.78, 5) is 20.3. The number of pyridine rings is 1. The van der Waals surface area contributed by atoms with Gasteiger partial charge in [0.2, 0.25) is 5.88 Å². The molecule has 2 aromatic heterocycles. The molecular weight excluding hydrogens is 330 g/mol. The van der Waals surface area contributed by atoms with Crippen LogP contribution in [0.1, 0.15) is 35.7 Å². The first-order valence-electron chi connectivity index (χ1n) is 8.48. The number of ether oxygens (including phenoxy) is 2. The Balaban J connectivity index is 1.59. The number of aromatic nitrogens is 3. The maximum Gasteiger partial charge on any atom is 0.338 e. The zero-order valence-corrected chi connectivity index (χ0v) is 14.8. The molecule has 134 valence electrons. The minimum atomic E-state index is -0.410. The van der Waals surface area contributed by atoms with Crippen LogP contribution in [0.3, 0.4) is 0 Å². The molecule has 6 nitrogen and oxygen atoms in total. The summed E-state index contributed by atoms with van der Waals surface area (Å²) in [5, 5.41) is 0. The topological polar surface area (TPSA) is 66.2 Å². The summed E-state index contributed by atoms with van der Waals surface area (Å²) in [5.74, 6) is 1.08. The average Bonchev–Trinajstić information content (AvgIpc) is 3.16. The van der Waals surface area contributed by atoms with Crippen molar-refractivity contribution >= 4 is 5.97 Å². The molecule has 0 unspecified atom stereocenters. The second kappa shape index (κ2) is 8.29. The SMILES string of the molecule is CC(C)c1ccc(Oc2cc(C(=O)OCCn3ccnc3)ccn2)cc1. The number of carbonyl (C=O) groups excluding carboxylic acids is 1. The summed E-state index contributed by atoms with van der Waals surface area (Å²) in [6.07, 6.45) is 6.71. The van der Waals surface area contributed by atoms with E-state index in [1.54, 1.807) is 24.7 Å². The van der Waals surface area contributed by atoms with E-state index in [1.807, 2.05) is 35.0 Å². The number of hydrogen-bond acceptors (Lipinski definition) is 5. The summed E-state index contributed by atoms with van der Waals surface area (Å²) < 4.78 is 12.9. The van der Waals surface area contributed by atoms with Gasteiger partial charge in [-0.25, -0.2) is 14.8 Å². The lowest BCUT2D eigenvalue weighted by molar-refractivity contribution is 0.0490. The molecule has 2 heterocycles. The fourth-order valence-electron chi connectivity index (χ4n) is 2.38. The molecule has 3 aromatic rings. The minimum absolute atomic E-state index is 0.268. The summed E-state index contributed by atoms with van der Waals surface area (Å²) in [7, 11) is 0. The standard InChI is InChI=1S/C20H21N3O3/c1-15(2)16-3-5-18(6-4-16)26-19-13-17(7-8-22-19)20(24)25-12-11-23-10-9-21-14-23/h3-10,13-15H,11-12H2,1-2H3.